The second-order valence-corrected chi connectivity index (χ2v) is 9.88. The van der Waals surface area contributed by atoms with E-state index in [4.69, 9.17) is 0 Å². The summed E-state index contributed by atoms with van der Waals surface area (Å²) in [7, 11) is 0. The van der Waals surface area contributed by atoms with Gasteiger partial charge in [0.1, 0.15) is 0 Å². The van der Waals surface area contributed by atoms with Gasteiger partial charge in [0.15, 0.2) is 0 Å². The lowest BCUT2D eigenvalue weighted by atomic mass is 9.85. The number of hydrogen-bond acceptors (Lipinski definition) is 2. The van der Waals surface area contributed by atoms with Gasteiger partial charge in [0, 0.05) is 5.39 Å². The predicted molar refractivity (Wildman–Crippen MR) is 134 cm³/mol. The van der Waals surface area contributed by atoms with Crippen LogP contribution in [0.25, 0.3) is 10.9 Å². The first kappa shape index (κ1) is 21.3. The third-order valence-electron chi connectivity index (χ3n) is 6.50. The molecule has 4 aromatic rings. The number of amides is 2. The number of hydrogen-bond donors (Lipinski definition) is 2. The van der Waals surface area contributed by atoms with Gasteiger partial charge >= 0.3 is 6.03 Å². The molecule has 0 saturated carbocycles. The summed E-state index contributed by atoms with van der Waals surface area (Å²) < 4.78 is 1.97. The molecular formula is C28H30N4O. The number of carbonyl (C=O) groups is 1. The van der Waals surface area contributed by atoms with Crippen LogP contribution in [0.2, 0.25) is 0 Å². The summed E-state index contributed by atoms with van der Waals surface area (Å²) in [6.07, 6.45) is 3.74. The lowest BCUT2D eigenvalue weighted by Crippen LogP contribution is -2.31. The van der Waals surface area contributed by atoms with Gasteiger partial charge in [-0.1, -0.05) is 75.4 Å². The number of aryl methyl sites for hydroxylation is 1. The number of aromatic nitrogens is 2. The number of fused-ring (bicyclic) bond motifs is 2. The molecule has 5 heteroatoms. The first-order chi connectivity index (χ1) is 15.9. The first-order valence-electron chi connectivity index (χ1n) is 11.6. The maximum Gasteiger partial charge on any atom is 0.319 e. The first-order valence-corrected chi connectivity index (χ1v) is 11.6. The summed E-state index contributed by atoms with van der Waals surface area (Å²) in [6, 6.07) is 22.7. The molecule has 0 fully saturated rings. The summed E-state index contributed by atoms with van der Waals surface area (Å²) in [6.45, 7) is 7.38. The van der Waals surface area contributed by atoms with E-state index in [9.17, 15) is 4.79 Å². The molecule has 0 spiro atoms. The van der Waals surface area contributed by atoms with Gasteiger partial charge in [0.25, 0.3) is 0 Å². The molecule has 33 heavy (non-hydrogen) atoms. The van der Waals surface area contributed by atoms with Crippen molar-refractivity contribution in [1.82, 2.24) is 15.1 Å². The van der Waals surface area contributed by atoms with Crippen LogP contribution in [-0.2, 0) is 18.4 Å². The zero-order chi connectivity index (χ0) is 23.0. The van der Waals surface area contributed by atoms with Gasteiger partial charge < -0.3 is 10.6 Å². The molecule has 1 aromatic heterocycles. The zero-order valence-electron chi connectivity index (χ0n) is 19.4. The number of carbonyl (C=O) groups excluding carboxylic acids is 1. The minimum absolute atomic E-state index is 0.0361. The van der Waals surface area contributed by atoms with Gasteiger partial charge in [-0.2, -0.15) is 5.10 Å². The Labute approximate surface area is 194 Å². The largest absolute Gasteiger partial charge is 0.331 e. The van der Waals surface area contributed by atoms with Crippen LogP contribution in [0.1, 0.15) is 55.5 Å². The van der Waals surface area contributed by atoms with Crippen molar-refractivity contribution >= 4 is 22.6 Å². The van der Waals surface area contributed by atoms with Crippen LogP contribution in [0.3, 0.4) is 0 Å². The minimum Gasteiger partial charge on any atom is -0.331 e. The lowest BCUT2D eigenvalue weighted by molar-refractivity contribution is 0.248. The lowest BCUT2D eigenvalue weighted by Gasteiger charge is -2.21. The highest BCUT2D eigenvalue weighted by Crippen LogP contribution is 2.34. The van der Waals surface area contributed by atoms with E-state index in [0.29, 0.717) is 6.54 Å². The second-order valence-electron chi connectivity index (χ2n) is 9.88. The standard InChI is InChI=1S/C28H30N4O/c1-28(2,3)21-13-14-22-20(16-21)12-15-25(22)31-27(33)30-24-10-7-11-26-23(24)17-29-32(26)18-19-8-5-4-6-9-19/h4-11,13-14,16-17,25H,12,15,18H2,1-3H3,(H2,30,31,33). The number of anilines is 1. The molecule has 168 valence electrons. The average molecular weight is 439 g/mol. The van der Waals surface area contributed by atoms with Gasteiger partial charge in [-0.15, -0.1) is 0 Å². The van der Waals surface area contributed by atoms with E-state index in [2.05, 4.69) is 66.8 Å². The van der Waals surface area contributed by atoms with Crippen molar-refractivity contribution in [2.75, 3.05) is 5.32 Å². The quantitative estimate of drug-likeness (QED) is 0.399. The summed E-state index contributed by atoms with van der Waals surface area (Å²) >= 11 is 0. The van der Waals surface area contributed by atoms with Gasteiger partial charge in [-0.25, -0.2) is 4.79 Å². The Morgan fingerprint density at radius 1 is 1.06 bits per heavy atom. The smallest absolute Gasteiger partial charge is 0.319 e. The normalized spacial score (nSPS) is 15.4. The zero-order valence-corrected chi connectivity index (χ0v) is 19.4. The fraction of sp³-hybridized carbons (Fsp3) is 0.286. The maximum absolute atomic E-state index is 12.9. The number of benzene rings is 3. The third kappa shape index (κ3) is 4.36. The molecule has 1 aliphatic rings. The molecule has 1 atom stereocenters. The molecule has 5 rings (SSSR count). The summed E-state index contributed by atoms with van der Waals surface area (Å²) in [5.74, 6) is 0. The minimum atomic E-state index is -0.184. The van der Waals surface area contributed by atoms with Crippen molar-refractivity contribution in [3.8, 4) is 0 Å². The van der Waals surface area contributed by atoms with Crippen LogP contribution < -0.4 is 10.6 Å². The third-order valence-corrected chi connectivity index (χ3v) is 6.50. The number of nitrogens with one attached hydrogen (secondary N) is 2. The molecule has 2 amide bonds. The molecule has 2 N–H and O–H groups in total. The Bertz CT molecular complexity index is 1300. The van der Waals surface area contributed by atoms with Crippen molar-refractivity contribution < 1.29 is 4.79 Å². The van der Waals surface area contributed by atoms with Crippen molar-refractivity contribution in [3.63, 3.8) is 0 Å². The highest BCUT2D eigenvalue weighted by molar-refractivity contribution is 6.00. The summed E-state index contributed by atoms with van der Waals surface area (Å²) in [5.41, 5.74) is 6.99. The molecule has 0 aliphatic heterocycles. The molecule has 0 bridgehead atoms. The van der Waals surface area contributed by atoms with Crippen molar-refractivity contribution in [2.24, 2.45) is 0 Å². The van der Waals surface area contributed by atoms with E-state index in [0.717, 1.165) is 29.4 Å². The molecule has 1 aliphatic carbocycles. The van der Waals surface area contributed by atoms with E-state index >= 15 is 0 Å². The highest BCUT2D eigenvalue weighted by atomic mass is 16.2. The number of nitrogens with zero attached hydrogens (tertiary/aromatic N) is 2. The Balaban J connectivity index is 1.31. The van der Waals surface area contributed by atoms with Gasteiger partial charge in [-0.05, 0) is 52.6 Å². The van der Waals surface area contributed by atoms with Crippen molar-refractivity contribution in [1.29, 1.82) is 0 Å². The molecule has 0 radical (unpaired) electrons. The van der Waals surface area contributed by atoms with Crippen LogP contribution >= 0.6 is 0 Å². The van der Waals surface area contributed by atoms with Crippen LogP contribution in [0.4, 0.5) is 10.5 Å². The van der Waals surface area contributed by atoms with Gasteiger partial charge in [0.2, 0.25) is 0 Å². The molecular weight excluding hydrogens is 408 g/mol. The Hall–Kier alpha value is -3.60. The van der Waals surface area contributed by atoms with Crippen molar-refractivity contribution in [3.05, 3.63) is 95.2 Å². The Morgan fingerprint density at radius 3 is 2.67 bits per heavy atom. The predicted octanol–water partition coefficient (Wildman–Crippen LogP) is 6.19. The number of rotatable bonds is 4. The molecule has 0 saturated heterocycles. The van der Waals surface area contributed by atoms with Crippen molar-refractivity contribution in [2.45, 2.75) is 51.6 Å². The van der Waals surface area contributed by atoms with Crippen LogP contribution in [0.15, 0.2) is 72.9 Å². The molecule has 1 heterocycles. The van der Waals surface area contributed by atoms with Gasteiger partial charge in [-0.3, -0.25) is 4.68 Å². The van der Waals surface area contributed by atoms with Gasteiger partial charge in [0.05, 0.1) is 30.0 Å². The summed E-state index contributed by atoms with van der Waals surface area (Å²) in [4.78, 5) is 12.9. The molecule has 1 unspecified atom stereocenters. The topological polar surface area (TPSA) is 59.0 Å². The maximum atomic E-state index is 12.9. The van der Waals surface area contributed by atoms with E-state index in [-0.39, 0.29) is 17.5 Å². The second kappa shape index (κ2) is 8.39. The van der Waals surface area contributed by atoms with Crippen LogP contribution in [-0.4, -0.2) is 15.8 Å². The fourth-order valence-electron chi connectivity index (χ4n) is 4.65. The Morgan fingerprint density at radius 2 is 1.88 bits per heavy atom. The SMILES string of the molecule is CC(C)(C)c1ccc2c(c1)CCC2NC(=O)Nc1cccc2c1cnn2Cc1ccccc1. The van der Waals surface area contributed by atoms with E-state index < -0.39 is 0 Å². The summed E-state index contributed by atoms with van der Waals surface area (Å²) in [5, 5.41) is 11.7. The van der Waals surface area contributed by atoms with E-state index in [1.807, 2.05) is 47.3 Å². The van der Waals surface area contributed by atoms with E-state index in [1.54, 1.807) is 0 Å². The molecule has 3 aromatic carbocycles. The molecule has 5 nitrogen and oxygen atoms in total. The Kier molecular flexibility index (Phi) is 5.41. The van der Waals surface area contributed by atoms with Crippen LogP contribution in [0.5, 0.6) is 0 Å². The van der Waals surface area contributed by atoms with E-state index in [1.165, 1.54) is 22.3 Å². The van der Waals surface area contributed by atoms with Crippen LogP contribution in [0, 0.1) is 0 Å². The fourth-order valence-corrected chi connectivity index (χ4v) is 4.65. The average Bonchev–Trinajstić information content (AvgIpc) is 3.38. The monoisotopic (exact) mass is 438 g/mol. The number of urea groups is 1. The highest BCUT2D eigenvalue weighted by Gasteiger charge is 2.26.